The molecule has 0 aromatic carbocycles. The van der Waals surface area contributed by atoms with Crippen LogP contribution >= 0.6 is 21.6 Å². The summed E-state index contributed by atoms with van der Waals surface area (Å²) in [6, 6.07) is 0. The van der Waals surface area contributed by atoms with Gasteiger partial charge in [0.15, 0.2) is 0 Å². The van der Waals surface area contributed by atoms with E-state index in [-0.39, 0.29) is 12.4 Å². The fraction of sp³-hybridized carbons (Fsp3) is 1.00. The van der Waals surface area contributed by atoms with Crippen LogP contribution in [0.2, 0.25) is 0 Å². The number of rotatable bonds is 20. The summed E-state index contributed by atoms with van der Waals surface area (Å²) in [5, 5.41) is 0.526. The van der Waals surface area contributed by atoms with E-state index in [1.807, 2.05) is 0 Å². The van der Waals surface area contributed by atoms with Gasteiger partial charge in [0.25, 0.3) is 0 Å². The maximum Gasteiger partial charge on any atom is -0.0122 e. The summed E-state index contributed by atoms with van der Waals surface area (Å²) in [4.78, 5) is 0. The zero-order valence-electron chi connectivity index (χ0n) is 19.5. The van der Waals surface area contributed by atoms with E-state index in [2.05, 4.69) is 36.9 Å². The lowest BCUT2D eigenvalue weighted by molar-refractivity contribution is 0.284. The molecule has 0 amide bonds. The van der Waals surface area contributed by atoms with Crippen LogP contribution in [-0.2, 0) is 0 Å². The molecule has 2 heteroatoms. The fourth-order valence-corrected chi connectivity index (χ4v) is 5.35. The van der Waals surface area contributed by atoms with Gasteiger partial charge in [-0.25, -0.2) is 0 Å². The third kappa shape index (κ3) is 16.2. The molecule has 0 aromatic rings. The minimum Gasteiger partial charge on any atom is -0.147 e. The third-order valence-corrected chi connectivity index (χ3v) is 7.50. The predicted molar refractivity (Wildman–Crippen MR) is 134 cm³/mol. The molecule has 0 bridgehead atoms. The molecule has 0 fully saturated rings. The minimum absolute atomic E-state index is 0. The second-order valence-corrected chi connectivity index (χ2v) is 10.0. The first-order chi connectivity index (χ1) is 12.6. The topological polar surface area (TPSA) is 0 Å². The first kappa shape index (κ1) is 29.9. The summed E-state index contributed by atoms with van der Waals surface area (Å²) in [7, 11) is 3.40. The van der Waals surface area contributed by atoms with Crippen LogP contribution < -0.4 is 0 Å². The molecule has 2 unspecified atom stereocenters. The summed E-state index contributed by atoms with van der Waals surface area (Å²) in [5.74, 6) is 0.923. The van der Waals surface area contributed by atoms with Crippen LogP contribution in [0, 0.1) is 5.92 Å². The molecule has 2 atom stereocenters. The van der Waals surface area contributed by atoms with Crippen molar-refractivity contribution >= 4 is 21.6 Å². The molecule has 0 N–H and O–H groups in total. The SMILES string of the molecule is CCCCCCCC(CC)C(P)(CCCCCCC)CCCCCCC.Cl. The van der Waals surface area contributed by atoms with E-state index in [1.165, 1.54) is 122 Å². The van der Waals surface area contributed by atoms with Crippen LogP contribution in [-0.4, -0.2) is 5.16 Å². The van der Waals surface area contributed by atoms with Crippen molar-refractivity contribution in [1.82, 2.24) is 0 Å². The summed E-state index contributed by atoms with van der Waals surface area (Å²) in [6.45, 7) is 9.41. The normalized spacial score (nSPS) is 12.8. The molecule has 0 radical (unpaired) electrons. The Kier molecular flexibility index (Phi) is 23.7. The zero-order chi connectivity index (χ0) is 19.5. The van der Waals surface area contributed by atoms with Crippen LogP contribution in [0.3, 0.4) is 0 Å². The van der Waals surface area contributed by atoms with Crippen molar-refractivity contribution in [1.29, 1.82) is 0 Å². The zero-order valence-corrected chi connectivity index (χ0v) is 21.5. The van der Waals surface area contributed by atoms with E-state index in [1.54, 1.807) is 0 Å². The maximum absolute atomic E-state index is 3.40. The number of hydrogen-bond acceptors (Lipinski definition) is 0. The van der Waals surface area contributed by atoms with Crippen molar-refractivity contribution in [2.75, 3.05) is 0 Å². The summed E-state index contributed by atoms with van der Waals surface area (Å²) >= 11 is 0. The smallest absolute Gasteiger partial charge is 0.0122 e. The van der Waals surface area contributed by atoms with Gasteiger partial charge in [0.05, 0.1) is 0 Å². The van der Waals surface area contributed by atoms with Gasteiger partial charge in [-0.2, -0.15) is 0 Å². The standard InChI is InChI=1S/C25H53P.ClH/c1-5-9-12-15-18-21-24(8-4)25(26,22-19-16-13-10-6-2)23-20-17-14-11-7-3;/h24H,5-23,26H2,1-4H3;1H. The predicted octanol–water partition coefficient (Wildman–Crippen LogP) is 10.1. The molecule has 0 aliphatic carbocycles. The first-order valence-corrected chi connectivity index (χ1v) is 13.0. The molecular weight excluding hydrogens is 367 g/mol. The Morgan fingerprint density at radius 2 is 0.926 bits per heavy atom. The lowest BCUT2D eigenvalue weighted by atomic mass is 9.78. The van der Waals surface area contributed by atoms with Crippen molar-refractivity contribution < 1.29 is 0 Å². The quantitative estimate of drug-likeness (QED) is 0.136. The van der Waals surface area contributed by atoms with Gasteiger partial charge in [0, 0.05) is 0 Å². The van der Waals surface area contributed by atoms with E-state index >= 15 is 0 Å². The Balaban J connectivity index is 0. The van der Waals surface area contributed by atoms with Crippen LogP contribution in [0.15, 0.2) is 0 Å². The molecule has 0 aliphatic rings. The third-order valence-electron chi connectivity index (χ3n) is 6.45. The van der Waals surface area contributed by atoms with Gasteiger partial charge in [-0.1, -0.05) is 130 Å². The molecular formula is C25H54ClP. The molecule has 0 aromatic heterocycles. The van der Waals surface area contributed by atoms with E-state index in [4.69, 9.17) is 0 Å². The lowest BCUT2D eigenvalue weighted by Gasteiger charge is -2.38. The van der Waals surface area contributed by atoms with Gasteiger partial charge in [-0.3, -0.25) is 0 Å². The highest BCUT2D eigenvalue weighted by molar-refractivity contribution is 7.19. The largest absolute Gasteiger partial charge is 0.147 e. The van der Waals surface area contributed by atoms with Gasteiger partial charge in [0.1, 0.15) is 0 Å². The molecule has 0 rings (SSSR count). The van der Waals surface area contributed by atoms with Crippen molar-refractivity contribution in [3.8, 4) is 0 Å². The number of unbranched alkanes of at least 4 members (excludes halogenated alkanes) is 12. The monoisotopic (exact) mass is 420 g/mol. The molecule has 0 saturated carbocycles. The van der Waals surface area contributed by atoms with Crippen molar-refractivity contribution in [2.24, 2.45) is 5.92 Å². The average molecular weight is 421 g/mol. The molecule has 166 valence electrons. The highest BCUT2D eigenvalue weighted by Gasteiger charge is 2.31. The highest BCUT2D eigenvalue weighted by atomic mass is 35.5. The van der Waals surface area contributed by atoms with Gasteiger partial charge in [-0.05, 0) is 30.3 Å². The fourth-order valence-electron chi connectivity index (χ4n) is 4.54. The molecule has 0 saturated heterocycles. The number of halogens is 1. The Bertz CT molecular complexity index is 265. The van der Waals surface area contributed by atoms with E-state index in [0.717, 1.165) is 5.92 Å². The maximum atomic E-state index is 3.40. The molecule has 0 aliphatic heterocycles. The Morgan fingerprint density at radius 3 is 1.30 bits per heavy atom. The van der Waals surface area contributed by atoms with E-state index < -0.39 is 0 Å². The van der Waals surface area contributed by atoms with Crippen molar-refractivity contribution in [3.05, 3.63) is 0 Å². The second kappa shape index (κ2) is 21.4. The summed E-state index contributed by atoms with van der Waals surface area (Å²) < 4.78 is 0. The van der Waals surface area contributed by atoms with Gasteiger partial charge in [0.2, 0.25) is 0 Å². The van der Waals surface area contributed by atoms with Crippen molar-refractivity contribution in [2.45, 2.75) is 155 Å². The molecule has 27 heavy (non-hydrogen) atoms. The minimum atomic E-state index is 0. The van der Waals surface area contributed by atoms with Gasteiger partial charge < -0.3 is 0 Å². The highest BCUT2D eigenvalue weighted by Crippen LogP contribution is 2.43. The van der Waals surface area contributed by atoms with Crippen LogP contribution in [0.1, 0.15) is 150 Å². The first-order valence-electron chi connectivity index (χ1n) is 12.4. The summed E-state index contributed by atoms with van der Waals surface area (Å²) in [6.07, 6.45) is 27.2. The van der Waals surface area contributed by atoms with E-state index in [0.29, 0.717) is 5.16 Å². The van der Waals surface area contributed by atoms with Gasteiger partial charge in [-0.15, -0.1) is 21.6 Å². The number of hydrogen-bond donors (Lipinski definition) is 0. The Labute approximate surface area is 182 Å². The van der Waals surface area contributed by atoms with Crippen LogP contribution in [0.4, 0.5) is 0 Å². The van der Waals surface area contributed by atoms with Crippen molar-refractivity contribution in [3.63, 3.8) is 0 Å². The van der Waals surface area contributed by atoms with Crippen LogP contribution in [0.5, 0.6) is 0 Å². The molecule has 0 nitrogen and oxygen atoms in total. The molecule has 0 heterocycles. The van der Waals surface area contributed by atoms with Crippen LogP contribution in [0.25, 0.3) is 0 Å². The molecule has 0 spiro atoms. The average Bonchev–Trinajstić information content (AvgIpc) is 2.64. The lowest BCUT2D eigenvalue weighted by Crippen LogP contribution is -2.31. The van der Waals surface area contributed by atoms with E-state index in [9.17, 15) is 0 Å². The summed E-state index contributed by atoms with van der Waals surface area (Å²) in [5.41, 5.74) is 0. The Hall–Kier alpha value is 0.720. The second-order valence-electron chi connectivity index (χ2n) is 8.87. The van der Waals surface area contributed by atoms with Gasteiger partial charge >= 0.3 is 0 Å². The Morgan fingerprint density at radius 1 is 0.556 bits per heavy atom.